The molecule has 2 heterocycles. The van der Waals surface area contributed by atoms with Crippen LogP contribution in [0.2, 0.25) is 0 Å². The van der Waals surface area contributed by atoms with Crippen LogP contribution < -0.4 is 5.32 Å². The van der Waals surface area contributed by atoms with Crippen molar-refractivity contribution in [3.63, 3.8) is 0 Å². The van der Waals surface area contributed by atoms with Crippen molar-refractivity contribution < 1.29 is 9.84 Å². The van der Waals surface area contributed by atoms with E-state index in [0.29, 0.717) is 18.2 Å². The first-order valence-corrected chi connectivity index (χ1v) is 5.60. The second-order valence-corrected chi connectivity index (χ2v) is 5.26. The fraction of sp³-hybridized carbons (Fsp3) is 1.00. The van der Waals surface area contributed by atoms with Gasteiger partial charge in [0.2, 0.25) is 0 Å². The molecule has 0 aromatic carbocycles. The Morgan fingerprint density at radius 1 is 1.43 bits per heavy atom. The maximum Gasteiger partial charge on any atom is 0.0741 e. The molecule has 4 atom stereocenters. The molecule has 2 bridgehead atoms. The lowest BCUT2D eigenvalue weighted by molar-refractivity contribution is 0.0334. The summed E-state index contributed by atoms with van der Waals surface area (Å²) in [6.45, 7) is 5.73. The zero-order chi connectivity index (χ0) is 10.3. The molecule has 3 nitrogen and oxygen atoms in total. The molecular formula is C11H21NO2. The molecule has 3 heteroatoms. The summed E-state index contributed by atoms with van der Waals surface area (Å²) in [5.74, 6) is 0. The molecule has 2 fully saturated rings. The van der Waals surface area contributed by atoms with Crippen LogP contribution in [0.5, 0.6) is 0 Å². The maximum atomic E-state index is 9.81. The first kappa shape index (κ1) is 10.4. The smallest absolute Gasteiger partial charge is 0.0741 e. The summed E-state index contributed by atoms with van der Waals surface area (Å²) in [6.07, 6.45) is 4.39. The van der Waals surface area contributed by atoms with Crippen LogP contribution in [0.1, 0.15) is 40.0 Å². The topological polar surface area (TPSA) is 41.5 Å². The van der Waals surface area contributed by atoms with Crippen molar-refractivity contribution >= 4 is 0 Å². The van der Waals surface area contributed by atoms with Crippen LogP contribution in [-0.2, 0) is 4.74 Å². The largest absolute Gasteiger partial charge is 0.389 e. The molecule has 2 aliphatic rings. The van der Waals surface area contributed by atoms with Gasteiger partial charge in [-0.1, -0.05) is 0 Å². The molecule has 0 aromatic rings. The van der Waals surface area contributed by atoms with Crippen molar-refractivity contribution in [2.75, 3.05) is 0 Å². The Balaban J connectivity index is 1.87. The number of hydrogen-bond acceptors (Lipinski definition) is 3. The highest BCUT2D eigenvalue weighted by molar-refractivity contribution is 4.96. The van der Waals surface area contributed by atoms with Crippen LogP contribution in [0.3, 0.4) is 0 Å². The Bertz CT molecular complexity index is 212. The van der Waals surface area contributed by atoms with Gasteiger partial charge in [-0.2, -0.15) is 0 Å². The highest BCUT2D eigenvalue weighted by Crippen LogP contribution is 2.34. The van der Waals surface area contributed by atoms with Gasteiger partial charge in [0, 0.05) is 12.1 Å². The predicted octanol–water partition coefficient (Wildman–Crippen LogP) is 1.06. The average molecular weight is 199 g/mol. The highest BCUT2D eigenvalue weighted by Gasteiger charge is 2.42. The van der Waals surface area contributed by atoms with Crippen molar-refractivity contribution in [1.82, 2.24) is 5.32 Å². The Labute approximate surface area is 85.8 Å². The average Bonchev–Trinajstić information content (AvgIpc) is 2.62. The zero-order valence-electron chi connectivity index (χ0n) is 9.29. The minimum atomic E-state index is -0.651. The minimum absolute atomic E-state index is 0.121. The van der Waals surface area contributed by atoms with E-state index in [2.05, 4.69) is 5.32 Å². The van der Waals surface area contributed by atoms with E-state index in [1.807, 2.05) is 20.8 Å². The normalized spacial score (nSPS) is 39.0. The van der Waals surface area contributed by atoms with Gasteiger partial charge < -0.3 is 15.2 Å². The van der Waals surface area contributed by atoms with Crippen molar-refractivity contribution in [3.8, 4) is 0 Å². The molecule has 0 radical (unpaired) electrons. The standard InChI is InChI=1S/C11H21NO2/c1-7(11(2,3)13)12-9-6-8-4-5-10(9)14-8/h7-10,12-13H,4-6H2,1-3H3. The van der Waals surface area contributed by atoms with Crippen LogP contribution in [-0.4, -0.2) is 35.0 Å². The van der Waals surface area contributed by atoms with Crippen LogP contribution in [0.15, 0.2) is 0 Å². The lowest BCUT2D eigenvalue weighted by atomic mass is 9.92. The SMILES string of the molecule is CC(NC1CC2CCC1O2)C(C)(C)O. The van der Waals surface area contributed by atoms with Crippen molar-refractivity contribution in [1.29, 1.82) is 0 Å². The lowest BCUT2D eigenvalue weighted by Crippen LogP contribution is -2.51. The van der Waals surface area contributed by atoms with Gasteiger partial charge >= 0.3 is 0 Å². The molecule has 0 saturated carbocycles. The Morgan fingerprint density at radius 2 is 2.14 bits per heavy atom. The molecule has 82 valence electrons. The quantitative estimate of drug-likeness (QED) is 0.714. The summed E-state index contributed by atoms with van der Waals surface area (Å²) in [7, 11) is 0. The van der Waals surface area contributed by atoms with E-state index >= 15 is 0 Å². The van der Waals surface area contributed by atoms with Gasteiger partial charge in [0.15, 0.2) is 0 Å². The van der Waals surface area contributed by atoms with E-state index in [9.17, 15) is 5.11 Å². The molecule has 4 unspecified atom stereocenters. The third-order valence-corrected chi connectivity index (χ3v) is 3.63. The molecule has 0 aliphatic carbocycles. The van der Waals surface area contributed by atoms with E-state index in [-0.39, 0.29) is 6.04 Å². The third-order valence-electron chi connectivity index (χ3n) is 3.63. The summed E-state index contributed by atoms with van der Waals surface area (Å²) in [4.78, 5) is 0. The van der Waals surface area contributed by atoms with Crippen LogP contribution in [0.4, 0.5) is 0 Å². The van der Waals surface area contributed by atoms with Gasteiger partial charge in [0.25, 0.3) is 0 Å². The molecule has 2 aliphatic heterocycles. The Morgan fingerprint density at radius 3 is 2.57 bits per heavy atom. The van der Waals surface area contributed by atoms with Gasteiger partial charge in [-0.05, 0) is 40.0 Å². The summed E-state index contributed by atoms with van der Waals surface area (Å²) < 4.78 is 5.75. The second-order valence-electron chi connectivity index (χ2n) is 5.26. The Kier molecular flexibility index (Phi) is 2.58. The number of aliphatic hydroxyl groups is 1. The van der Waals surface area contributed by atoms with E-state index in [1.165, 1.54) is 12.8 Å². The van der Waals surface area contributed by atoms with Crippen molar-refractivity contribution in [2.24, 2.45) is 0 Å². The zero-order valence-corrected chi connectivity index (χ0v) is 9.29. The van der Waals surface area contributed by atoms with Gasteiger partial charge in [0.1, 0.15) is 0 Å². The van der Waals surface area contributed by atoms with Crippen LogP contribution >= 0.6 is 0 Å². The number of fused-ring (bicyclic) bond motifs is 2. The molecule has 0 amide bonds. The number of ether oxygens (including phenoxy) is 1. The van der Waals surface area contributed by atoms with Crippen LogP contribution in [0, 0.1) is 0 Å². The molecule has 2 rings (SSSR count). The summed E-state index contributed by atoms with van der Waals surface area (Å²) in [5, 5.41) is 13.3. The second kappa shape index (κ2) is 3.47. The number of rotatable bonds is 3. The Hall–Kier alpha value is -0.120. The summed E-state index contributed by atoms with van der Waals surface area (Å²) >= 11 is 0. The highest BCUT2D eigenvalue weighted by atomic mass is 16.5. The molecule has 0 spiro atoms. The summed E-state index contributed by atoms with van der Waals surface area (Å²) in [5.41, 5.74) is -0.651. The molecule has 2 saturated heterocycles. The predicted molar refractivity (Wildman–Crippen MR) is 55.2 cm³/mol. The third kappa shape index (κ3) is 1.95. The maximum absolute atomic E-state index is 9.81. The summed E-state index contributed by atoms with van der Waals surface area (Å²) in [6, 6.07) is 0.575. The van der Waals surface area contributed by atoms with Crippen molar-refractivity contribution in [2.45, 2.75) is 69.9 Å². The van der Waals surface area contributed by atoms with Gasteiger partial charge in [-0.15, -0.1) is 0 Å². The van der Waals surface area contributed by atoms with E-state index in [1.54, 1.807) is 0 Å². The molecule has 0 aromatic heterocycles. The van der Waals surface area contributed by atoms with E-state index < -0.39 is 5.60 Å². The minimum Gasteiger partial charge on any atom is -0.389 e. The molecular weight excluding hydrogens is 178 g/mol. The van der Waals surface area contributed by atoms with E-state index in [0.717, 1.165) is 6.42 Å². The fourth-order valence-corrected chi connectivity index (χ4v) is 2.34. The van der Waals surface area contributed by atoms with Gasteiger partial charge in [0.05, 0.1) is 17.8 Å². The monoisotopic (exact) mass is 199 g/mol. The first-order valence-electron chi connectivity index (χ1n) is 5.60. The van der Waals surface area contributed by atoms with Crippen LogP contribution in [0.25, 0.3) is 0 Å². The first-order chi connectivity index (χ1) is 6.47. The van der Waals surface area contributed by atoms with Gasteiger partial charge in [-0.25, -0.2) is 0 Å². The van der Waals surface area contributed by atoms with Gasteiger partial charge in [-0.3, -0.25) is 0 Å². The fourth-order valence-electron chi connectivity index (χ4n) is 2.34. The molecule has 14 heavy (non-hydrogen) atoms. The van der Waals surface area contributed by atoms with Crippen molar-refractivity contribution in [3.05, 3.63) is 0 Å². The molecule has 2 N–H and O–H groups in total. The van der Waals surface area contributed by atoms with E-state index in [4.69, 9.17) is 4.74 Å². The number of nitrogens with one attached hydrogen (secondary N) is 1. The lowest BCUT2D eigenvalue weighted by Gasteiger charge is -2.31. The number of hydrogen-bond donors (Lipinski definition) is 2.